The molecule has 1 aliphatic rings. The first-order chi connectivity index (χ1) is 6.74. The minimum atomic E-state index is 1.14. The molecule has 0 aromatic heterocycles. The van der Waals surface area contributed by atoms with Crippen LogP contribution in [-0.2, 0) is 12.8 Å². The molecule has 0 heterocycles. The zero-order valence-electron chi connectivity index (χ0n) is 9.31. The summed E-state index contributed by atoms with van der Waals surface area (Å²) in [6, 6.07) is 2.34. The van der Waals surface area contributed by atoms with Crippen LogP contribution in [-0.4, -0.2) is 7.11 Å². The number of rotatable bonds is 1. The maximum absolute atomic E-state index is 5.52. The van der Waals surface area contributed by atoms with Crippen LogP contribution >= 0.6 is 0 Å². The fourth-order valence-corrected chi connectivity index (χ4v) is 2.40. The lowest BCUT2D eigenvalue weighted by Crippen LogP contribution is -2.07. The first kappa shape index (κ1) is 9.57. The normalized spacial score (nSPS) is 15.1. The summed E-state index contributed by atoms with van der Waals surface area (Å²) in [5.41, 5.74) is 5.65. The Morgan fingerprint density at radius 3 is 2.57 bits per heavy atom. The number of aryl methyl sites for hydroxylation is 2. The van der Waals surface area contributed by atoms with E-state index >= 15 is 0 Å². The van der Waals surface area contributed by atoms with Gasteiger partial charge in [-0.05, 0) is 61.8 Å². The molecule has 0 saturated carbocycles. The van der Waals surface area contributed by atoms with Crippen molar-refractivity contribution in [2.24, 2.45) is 0 Å². The predicted molar refractivity (Wildman–Crippen MR) is 59.1 cm³/mol. The second-order valence-electron chi connectivity index (χ2n) is 4.20. The first-order valence-electron chi connectivity index (χ1n) is 5.40. The van der Waals surface area contributed by atoms with Gasteiger partial charge in [-0.3, -0.25) is 0 Å². The Balaban J connectivity index is 2.60. The molecule has 0 saturated heterocycles. The van der Waals surface area contributed by atoms with Crippen molar-refractivity contribution in [3.63, 3.8) is 0 Å². The Morgan fingerprint density at radius 2 is 1.86 bits per heavy atom. The van der Waals surface area contributed by atoms with Gasteiger partial charge in [0.05, 0.1) is 7.11 Å². The monoisotopic (exact) mass is 190 g/mol. The van der Waals surface area contributed by atoms with E-state index in [1.807, 2.05) is 0 Å². The molecule has 0 aliphatic heterocycles. The molecule has 14 heavy (non-hydrogen) atoms. The van der Waals surface area contributed by atoms with E-state index in [1.165, 1.54) is 47.9 Å². The van der Waals surface area contributed by atoms with Crippen LogP contribution < -0.4 is 4.74 Å². The lowest BCUT2D eigenvalue weighted by molar-refractivity contribution is 0.402. The van der Waals surface area contributed by atoms with E-state index in [2.05, 4.69) is 19.9 Å². The fourth-order valence-electron chi connectivity index (χ4n) is 2.40. The smallest absolute Gasteiger partial charge is 0.125 e. The Kier molecular flexibility index (Phi) is 2.49. The molecule has 1 aliphatic carbocycles. The average Bonchev–Trinajstić information content (AvgIpc) is 2.20. The molecule has 0 amide bonds. The minimum absolute atomic E-state index is 1.14. The molecule has 76 valence electrons. The van der Waals surface area contributed by atoms with E-state index in [9.17, 15) is 0 Å². The molecule has 0 bridgehead atoms. The molecule has 0 N–H and O–H groups in total. The molecular weight excluding hydrogens is 172 g/mol. The Labute approximate surface area is 86.1 Å². The molecular formula is C13H18O. The minimum Gasteiger partial charge on any atom is -0.496 e. The third-order valence-electron chi connectivity index (χ3n) is 3.31. The molecule has 1 heteroatoms. The summed E-state index contributed by atoms with van der Waals surface area (Å²) in [5.74, 6) is 1.14. The zero-order chi connectivity index (χ0) is 10.1. The van der Waals surface area contributed by atoms with Gasteiger partial charge in [0, 0.05) is 0 Å². The number of hydrogen-bond donors (Lipinski definition) is 0. The van der Waals surface area contributed by atoms with Crippen LogP contribution in [0.4, 0.5) is 0 Å². The van der Waals surface area contributed by atoms with Crippen LogP contribution in [0, 0.1) is 13.8 Å². The standard InChI is InChI=1S/C13H18O/c1-9-8-11-6-4-5-7-12(11)13(14-3)10(9)2/h8H,4-7H2,1-3H3. The van der Waals surface area contributed by atoms with Crippen LogP contribution in [0.2, 0.25) is 0 Å². The van der Waals surface area contributed by atoms with Crippen molar-refractivity contribution in [2.45, 2.75) is 39.5 Å². The molecule has 1 aromatic rings. The molecule has 2 rings (SSSR count). The quantitative estimate of drug-likeness (QED) is 0.661. The van der Waals surface area contributed by atoms with Crippen molar-refractivity contribution in [3.05, 3.63) is 28.3 Å². The van der Waals surface area contributed by atoms with Crippen molar-refractivity contribution in [1.29, 1.82) is 0 Å². The second kappa shape index (κ2) is 3.64. The van der Waals surface area contributed by atoms with E-state index in [4.69, 9.17) is 4.74 Å². The van der Waals surface area contributed by atoms with Crippen molar-refractivity contribution in [2.75, 3.05) is 7.11 Å². The highest BCUT2D eigenvalue weighted by molar-refractivity contribution is 5.50. The number of methoxy groups -OCH3 is 1. The van der Waals surface area contributed by atoms with Crippen molar-refractivity contribution >= 4 is 0 Å². The van der Waals surface area contributed by atoms with Gasteiger partial charge in [0.1, 0.15) is 5.75 Å². The molecule has 0 unspecified atom stereocenters. The number of fused-ring (bicyclic) bond motifs is 1. The molecule has 0 spiro atoms. The third kappa shape index (κ3) is 1.41. The summed E-state index contributed by atoms with van der Waals surface area (Å²) in [6.45, 7) is 4.33. The van der Waals surface area contributed by atoms with Crippen LogP contribution in [0.5, 0.6) is 5.75 Å². The van der Waals surface area contributed by atoms with Gasteiger partial charge in [0.25, 0.3) is 0 Å². The zero-order valence-corrected chi connectivity index (χ0v) is 9.31. The molecule has 0 fully saturated rings. The first-order valence-corrected chi connectivity index (χ1v) is 5.40. The topological polar surface area (TPSA) is 9.23 Å². The molecule has 0 radical (unpaired) electrons. The van der Waals surface area contributed by atoms with E-state index in [1.54, 1.807) is 7.11 Å². The van der Waals surface area contributed by atoms with Gasteiger partial charge in [-0.25, -0.2) is 0 Å². The predicted octanol–water partition coefficient (Wildman–Crippen LogP) is 3.19. The van der Waals surface area contributed by atoms with E-state index < -0.39 is 0 Å². The summed E-state index contributed by atoms with van der Waals surface area (Å²) >= 11 is 0. The SMILES string of the molecule is COc1c(C)c(C)cc2c1CCCC2. The number of benzene rings is 1. The van der Waals surface area contributed by atoms with Gasteiger partial charge >= 0.3 is 0 Å². The largest absolute Gasteiger partial charge is 0.496 e. The van der Waals surface area contributed by atoms with Crippen LogP contribution in [0.3, 0.4) is 0 Å². The molecule has 1 aromatic carbocycles. The van der Waals surface area contributed by atoms with Crippen LogP contribution in [0.15, 0.2) is 6.07 Å². The van der Waals surface area contributed by atoms with Crippen molar-refractivity contribution in [1.82, 2.24) is 0 Å². The van der Waals surface area contributed by atoms with Gasteiger partial charge in [-0.2, -0.15) is 0 Å². The summed E-state index contributed by atoms with van der Waals surface area (Å²) in [6.07, 6.45) is 5.07. The van der Waals surface area contributed by atoms with Crippen molar-refractivity contribution in [3.8, 4) is 5.75 Å². The number of ether oxygens (including phenoxy) is 1. The van der Waals surface area contributed by atoms with Gasteiger partial charge < -0.3 is 4.74 Å². The Morgan fingerprint density at radius 1 is 1.14 bits per heavy atom. The highest BCUT2D eigenvalue weighted by atomic mass is 16.5. The van der Waals surface area contributed by atoms with Gasteiger partial charge in [0.15, 0.2) is 0 Å². The van der Waals surface area contributed by atoms with Gasteiger partial charge in [-0.1, -0.05) is 6.07 Å². The Hall–Kier alpha value is -0.980. The van der Waals surface area contributed by atoms with E-state index in [0.29, 0.717) is 0 Å². The molecule has 0 atom stereocenters. The highest BCUT2D eigenvalue weighted by Crippen LogP contribution is 2.34. The lowest BCUT2D eigenvalue weighted by atomic mass is 9.87. The molecule has 1 nitrogen and oxygen atoms in total. The maximum atomic E-state index is 5.52. The van der Waals surface area contributed by atoms with E-state index in [-0.39, 0.29) is 0 Å². The summed E-state index contributed by atoms with van der Waals surface area (Å²) in [4.78, 5) is 0. The highest BCUT2D eigenvalue weighted by Gasteiger charge is 2.16. The summed E-state index contributed by atoms with van der Waals surface area (Å²) in [7, 11) is 1.79. The average molecular weight is 190 g/mol. The van der Waals surface area contributed by atoms with Crippen LogP contribution in [0.1, 0.15) is 35.1 Å². The van der Waals surface area contributed by atoms with Gasteiger partial charge in [0.2, 0.25) is 0 Å². The Bertz CT molecular complexity index is 353. The third-order valence-corrected chi connectivity index (χ3v) is 3.31. The second-order valence-corrected chi connectivity index (χ2v) is 4.20. The lowest BCUT2D eigenvalue weighted by Gasteiger charge is -2.21. The fraction of sp³-hybridized carbons (Fsp3) is 0.538. The van der Waals surface area contributed by atoms with Crippen molar-refractivity contribution < 1.29 is 4.74 Å². The summed E-state index contributed by atoms with van der Waals surface area (Å²) < 4.78 is 5.52. The summed E-state index contributed by atoms with van der Waals surface area (Å²) in [5, 5.41) is 0. The van der Waals surface area contributed by atoms with Crippen LogP contribution in [0.25, 0.3) is 0 Å². The van der Waals surface area contributed by atoms with E-state index in [0.717, 1.165) is 5.75 Å². The van der Waals surface area contributed by atoms with Gasteiger partial charge in [-0.15, -0.1) is 0 Å². The maximum Gasteiger partial charge on any atom is 0.125 e. The number of hydrogen-bond acceptors (Lipinski definition) is 1.